The van der Waals surface area contributed by atoms with Crippen molar-refractivity contribution < 1.29 is 4.79 Å². The molecule has 1 saturated heterocycles. The number of aromatic amines is 1. The Morgan fingerprint density at radius 3 is 2.71 bits per heavy atom. The van der Waals surface area contributed by atoms with E-state index in [1.54, 1.807) is 0 Å². The van der Waals surface area contributed by atoms with Gasteiger partial charge in [0.25, 0.3) is 0 Å². The molecule has 0 aliphatic carbocycles. The Morgan fingerprint density at radius 2 is 1.97 bits per heavy atom. The molecule has 0 bridgehead atoms. The van der Waals surface area contributed by atoms with Crippen molar-refractivity contribution in [1.82, 2.24) is 15.0 Å². The highest BCUT2D eigenvalue weighted by Crippen LogP contribution is 2.31. The first-order valence-corrected chi connectivity index (χ1v) is 12.0. The van der Waals surface area contributed by atoms with E-state index < -0.39 is 0 Å². The lowest BCUT2D eigenvalue weighted by Crippen LogP contribution is -2.29. The molecule has 2 aromatic heterocycles. The van der Waals surface area contributed by atoms with Gasteiger partial charge >= 0.3 is 0 Å². The molecule has 2 aromatic carbocycles. The van der Waals surface area contributed by atoms with Gasteiger partial charge in [-0.05, 0) is 62.1 Å². The van der Waals surface area contributed by atoms with Crippen LogP contribution in [0.4, 0.5) is 17.3 Å². The largest absolute Gasteiger partial charge is 0.372 e. The molecule has 7 nitrogen and oxygen atoms in total. The Balaban J connectivity index is 0.000000165. The molecule has 180 valence electrons. The number of piperidine rings is 1. The molecule has 1 aliphatic heterocycles. The fourth-order valence-electron chi connectivity index (χ4n) is 4.16. The van der Waals surface area contributed by atoms with Crippen molar-refractivity contribution in [2.75, 3.05) is 29.0 Å². The maximum atomic E-state index is 11.3. The first-order chi connectivity index (χ1) is 17.0. The zero-order chi connectivity index (χ0) is 24.8. The van der Waals surface area contributed by atoms with Crippen LogP contribution in [0.2, 0.25) is 5.02 Å². The van der Waals surface area contributed by atoms with Crippen molar-refractivity contribution in [1.29, 1.82) is 0 Å². The number of aromatic nitrogens is 3. The van der Waals surface area contributed by atoms with Gasteiger partial charge in [0, 0.05) is 47.1 Å². The fraction of sp³-hybridized carbons (Fsp3) is 0.222. The van der Waals surface area contributed by atoms with Crippen LogP contribution in [-0.4, -0.2) is 33.9 Å². The topological polar surface area (TPSA) is 99.9 Å². The Kier molecular flexibility index (Phi) is 7.67. The summed E-state index contributed by atoms with van der Waals surface area (Å²) in [4.78, 5) is 24.9. The van der Waals surface area contributed by atoms with Gasteiger partial charge in [0.2, 0.25) is 11.9 Å². The summed E-state index contributed by atoms with van der Waals surface area (Å²) < 4.78 is 0. The van der Waals surface area contributed by atoms with Gasteiger partial charge in [0.1, 0.15) is 0 Å². The van der Waals surface area contributed by atoms with Gasteiger partial charge in [-0.15, -0.1) is 0 Å². The number of H-pyrrole nitrogens is 1. The normalized spacial score (nSPS) is 13.1. The monoisotopic (exact) mass is 488 g/mol. The van der Waals surface area contributed by atoms with E-state index >= 15 is 0 Å². The van der Waals surface area contributed by atoms with Crippen LogP contribution >= 0.6 is 11.6 Å². The van der Waals surface area contributed by atoms with E-state index in [0.717, 1.165) is 40.8 Å². The van der Waals surface area contributed by atoms with Gasteiger partial charge in [0.05, 0.1) is 16.9 Å². The second-order valence-corrected chi connectivity index (χ2v) is 8.82. The highest BCUT2D eigenvalue weighted by Gasteiger charge is 2.13. The van der Waals surface area contributed by atoms with Gasteiger partial charge in [-0.25, -0.2) is 9.97 Å². The number of fused-ring (bicyclic) bond motifs is 1. The van der Waals surface area contributed by atoms with Crippen LogP contribution in [-0.2, 0) is 4.79 Å². The number of carbonyl (C=O) groups excluding carboxylic acids is 1. The number of nitrogens with one attached hydrogen (secondary N) is 2. The lowest BCUT2D eigenvalue weighted by Gasteiger charge is -2.29. The molecular formula is C27H29ClN6O. The molecule has 0 radical (unpaired) electrons. The standard InChI is InChI=1S/C15H20N2O.C12H9ClN4/c1-3-15(18)16-14-8-7-13(11-12(14)2)17-9-5-4-6-10-17;13-9-6-16-12(14)17-11(9)8-5-15-10-4-2-1-3-7(8)10/h3,7-8,11H,1,4-6,9-10H2,2H3,(H,16,18);1-6,15H,(H2,14,16,17). The van der Waals surface area contributed by atoms with Gasteiger partial charge in [-0.1, -0.05) is 36.4 Å². The van der Waals surface area contributed by atoms with E-state index in [-0.39, 0.29) is 11.9 Å². The molecule has 4 aromatic rings. The predicted octanol–water partition coefficient (Wildman–Crippen LogP) is 5.97. The van der Waals surface area contributed by atoms with Gasteiger partial charge in [0.15, 0.2) is 0 Å². The third-order valence-electron chi connectivity index (χ3n) is 5.98. The molecule has 4 N–H and O–H groups in total. The number of aryl methyl sites for hydroxylation is 1. The zero-order valence-corrected chi connectivity index (χ0v) is 20.5. The maximum absolute atomic E-state index is 11.3. The van der Waals surface area contributed by atoms with Crippen molar-refractivity contribution >= 4 is 45.7 Å². The highest BCUT2D eigenvalue weighted by molar-refractivity contribution is 6.33. The number of benzene rings is 2. The van der Waals surface area contributed by atoms with Crippen molar-refractivity contribution in [3.05, 3.63) is 78.1 Å². The third kappa shape index (κ3) is 5.81. The molecular weight excluding hydrogens is 460 g/mol. The summed E-state index contributed by atoms with van der Waals surface area (Å²) in [5.41, 5.74) is 11.4. The number of anilines is 3. The molecule has 0 unspecified atom stereocenters. The number of halogens is 1. The van der Waals surface area contributed by atoms with E-state index in [2.05, 4.69) is 43.9 Å². The van der Waals surface area contributed by atoms with Crippen LogP contribution in [0.1, 0.15) is 24.8 Å². The minimum absolute atomic E-state index is 0.163. The van der Waals surface area contributed by atoms with Gasteiger partial charge in [-0.2, -0.15) is 0 Å². The van der Waals surface area contributed by atoms with Crippen molar-refractivity contribution in [2.45, 2.75) is 26.2 Å². The van der Waals surface area contributed by atoms with Crippen LogP contribution in [0.15, 0.2) is 67.5 Å². The van der Waals surface area contributed by atoms with E-state index in [0.29, 0.717) is 10.7 Å². The number of nitrogens with two attached hydrogens (primary N) is 1. The quantitative estimate of drug-likeness (QED) is 0.307. The molecule has 5 rings (SSSR count). The van der Waals surface area contributed by atoms with Crippen molar-refractivity contribution in [2.24, 2.45) is 0 Å². The number of amides is 1. The van der Waals surface area contributed by atoms with Crippen LogP contribution in [0.25, 0.3) is 22.2 Å². The summed E-state index contributed by atoms with van der Waals surface area (Å²) in [5, 5.41) is 4.37. The number of para-hydroxylation sites is 1. The highest BCUT2D eigenvalue weighted by atomic mass is 35.5. The third-order valence-corrected chi connectivity index (χ3v) is 6.26. The molecule has 0 saturated carbocycles. The molecule has 1 aliphatic rings. The minimum Gasteiger partial charge on any atom is -0.372 e. The average Bonchev–Trinajstić information content (AvgIpc) is 3.31. The first-order valence-electron chi connectivity index (χ1n) is 11.6. The Morgan fingerprint density at radius 1 is 1.20 bits per heavy atom. The summed E-state index contributed by atoms with van der Waals surface area (Å²) in [7, 11) is 0. The SMILES string of the molecule is C=CC(=O)Nc1ccc(N2CCCCC2)cc1C.Nc1ncc(Cl)c(-c2c[nH]c3ccccc23)n1. The van der Waals surface area contributed by atoms with Gasteiger partial charge in [-0.3, -0.25) is 4.79 Å². The number of hydrogen-bond donors (Lipinski definition) is 3. The number of carbonyl (C=O) groups is 1. The smallest absolute Gasteiger partial charge is 0.247 e. The van der Waals surface area contributed by atoms with E-state index in [4.69, 9.17) is 17.3 Å². The van der Waals surface area contributed by atoms with Crippen molar-refractivity contribution in [3.8, 4) is 11.3 Å². The Hall–Kier alpha value is -3.84. The number of rotatable bonds is 4. The molecule has 0 spiro atoms. The summed E-state index contributed by atoms with van der Waals surface area (Å²) >= 11 is 6.09. The lowest BCUT2D eigenvalue weighted by molar-refractivity contribution is -0.111. The van der Waals surface area contributed by atoms with Crippen LogP contribution < -0.4 is 16.0 Å². The summed E-state index contributed by atoms with van der Waals surface area (Å²) in [6.45, 7) is 7.75. The van der Waals surface area contributed by atoms with Gasteiger partial charge < -0.3 is 20.9 Å². The zero-order valence-electron chi connectivity index (χ0n) is 19.7. The Bertz CT molecular complexity index is 1340. The van der Waals surface area contributed by atoms with E-state index in [1.807, 2.05) is 43.5 Å². The average molecular weight is 489 g/mol. The number of nitrogens with zero attached hydrogens (tertiary/aromatic N) is 3. The summed E-state index contributed by atoms with van der Waals surface area (Å²) in [5.74, 6) is 0.0542. The lowest BCUT2D eigenvalue weighted by atomic mass is 10.1. The second kappa shape index (κ2) is 11.1. The molecule has 1 fully saturated rings. The van der Waals surface area contributed by atoms with E-state index in [1.165, 1.54) is 37.2 Å². The number of nitrogen functional groups attached to an aromatic ring is 1. The molecule has 3 heterocycles. The Labute approximate surface area is 210 Å². The predicted molar refractivity (Wildman–Crippen MR) is 145 cm³/mol. The first kappa shape index (κ1) is 24.3. The molecule has 8 heteroatoms. The van der Waals surface area contributed by atoms with Crippen LogP contribution in [0, 0.1) is 6.92 Å². The van der Waals surface area contributed by atoms with Crippen LogP contribution in [0.3, 0.4) is 0 Å². The molecule has 0 atom stereocenters. The van der Waals surface area contributed by atoms with Crippen molar-refractivity contribution in [3.63, 3.8) is 0 Å². The fourth-order valence-corrected chi connectivity index (χ4v) is 4.35. The maximum Gasteiger partial charge on any atom is 0.247 e. The number of hydrogen-bond acceptors (Lipinski definition) is 5. The molecule has 35 heavy (non-hydrogen) atoms. The summed E-state index contributed by atoms with van der Waals surface area (Å²) in [6.07, 6.45) is 8.56. The summed E-state index contributed by atoms with van der Waals surface area (Å²) in [6, 6.07) is 14.1. The molecule has 1 amide bonds. The van der Waals surface area contributed by atoms with Crippen LogP contribution in [0.5, 0.6) is 0 Å². The second-order valence-electron chi connectivity index (χ2n) is 8.41. The minimum atomic E-state index is -0.163. The van der Waals surface area contributed by atoms with E-state index in [9.17, 15) is 4.79 Å².